The summed E-state index contributed by atoms with van der Waals surface area (Å²) in [5, 5.41) is 3.68. The standard InChI is InChI=1S/C29H23N2O.C19H26NSi.Ir/c1-29(2,3)22-14-5-7-16-24(22)31-25-17-8-6-15-23(25)30-28(31)21-13-10-12-20-19-11-4-9-18-26(19)32-27(20)21;1-14(2)10-17-12-18(16-9-7-8-15(3)11-16)20-13-19(17)21(4,5)6;/h4-12,14-18H,1-3H3;7-8,11-14H,10H2,1-6H3;/q2*-1;. The number of hydrogen-bond acceptors (Lipinski definition) is 3. The van der Waals surface area contributed by atoms with E-state index in [9.17, 15) is 0 Å². The molecule has 4 nitrogen and oxygen atoms in total. The Kier molecular flexibility index (Phi) is 11.3. The molecule has 0 aliphatic rings. The van der Waals surface area contributed by atoms with Gasteiger partial charge in [0.25, 0.3) is 0 Å². The molecule has 8 rings (SSSR count). The number of rotatable bonds is 6. The van der Waals surface area contributed by atoms with Gasteiger partial charge < -0.3 is 14.0 Å². The molecule has 0 saturated heterocycles. The van der Waals surface area contributed by atoms with Gasteiger partial charge in [-0.25, -0.2) is 0 Å². The van der Waals surface area contributed by atoms with Crippen LogP contribution in [0, 0.1) is 25.0 Å². The Morgan fingerprint density at radius 3 is 2.26 bits per heavy atom. The maximum Gasteiger partial charge on any atom is 0.120 e. The monoisotopic (exact) mass is 904 g/mol. The quantitative estimate of drug-likeness (QED) is 0.123. The second-order valence-electron chi connectivity index (χ2n) is 16.6. The van der Waals surface area contributed by atoms with E-state index >= 15 is 0 Å². The van der Waals surface area contributed by atoms with Crippen LogP contribution in [0.4, 0.5) is 0 Å². The molecule has 277 valence electrons. The van der Waals surface area contributed by atoms with Gasteiger partial charge in [-0.3, -0.25) is 4.98 Å². The average Bonchev–Trinajstić information content (AvgIpc) is 3.70. The summed E-state index contributed by atoms with van der Waals surface area (Å²) in [4.78, 5) is 9.80. The van der Waals surface area contributed by atoms with Crippen LogP contribution >= 0.6 is 0 Å². The topological polar surface area (TPSA) is 43.9 Å². The molecule has 3 aromatic heterocycles. The van der Waals surface area contributed by atoms with Crippen LogP contribution in [-0.2, 0) is 31.9 Å². The molecule has 0 amide bonds. The Morgan fingerprint density at radius 1 is 0.815 bits per heavy atom. The Bertz CT molecular complexity index is 2570. The third kappa shape index (κ3) is 7.93. The summed E-state index contributed by atoms with van der Waals surface area (Å²) in [6, 6.07) is 44.3. The first kappa shape index (κ1) is 39.1. The van der Waals surface area contributed by atoms with E-state index in [1.54, 1.807) is 0 Å². The van der Waals surface area contributed by atoms with Crippen molar-refractivity contribution in [2.75, 3.05) is 0 Å². The maximum atomic E-state index is 6.34. The molecule has 0 unspecified atom stereocenters. The fourth-order valence-electron chi connectivity index (χ4n) is 7.25. The first-order chi connectivity index (χ1) is 25.3. The van der Waals surface area contributed by atoms with Crippen LogP contribution in [0.3, 0.4) is 0 Å². The molecule has 5 aromatic carbocycles. The van der Waals surface area contributed by atoms with E-state index in [1.165, 1.54) is 21.9 Å². The van der Waals surface area contributed by atoms with Crippen LogP contribution in [0.15, 0.2) is 120 Å². The number of fused-ring (bicyclic) bond motifs is 4. The van der Waals surface area contributed by atoms with Gasteiger partial charge in [0.05, 0.1) is 30.5 Å². The van der Waals surface area contributed by atoms with Gasteiger partial charge in [-0.05, 0) is 58.5 Å². The van der Waals surface area contributed by atoms with Crippen molar-refractivity contribution < 1.29 is 24.5 Å². The van der Waals surface area contributed by atoms with E-state index < -0.39 is 8.07 Å². The summed E-state index contributed by atoms with van der Waals surface area (Å²) >= 11 is 0. The molecule has 6 heteroatoms. The minimum absolute atomic E-state index is 0. The number of hydrogen-bond donors (Lipinski definition) is 0. The van der Waals surface area contributed by atoms with Crippen LogP contribution in [0.5, 0.6) is 0 Å². The summed E-state index contributed by atoms with van der Waals surface area (Å²) in [6.45, 7) is 20.6. The van der Waals surface area contributed by atoms with Gasteiger partial charge in [-0.1, -0.05) is 132 Å². The first-order valence-corrected chi connectivity index (χ1v) is 22.2. The molecule has 0 atom stereocenters. The van der Waals surface area contributed by atoms with E-state index in [2.05, 4.69) is 157 Å². The fourth-order valence-corrected chi connectivity index (χ4v) is 8.84. The van der Waals surface area contributed by atoms with Gasteiger partial charge in [0.2, 0.25) is 0 Å². The zero-order valence-corrected chi connectivity index (χ0v) is 36.2. The molecule has 8 aromatic rings. The summed E-state index contributed by atoms with van der Waals surface area (Å²) in [6.07, 6.45) is 3.25. The third-order valence-electron chi connectivity index (χ3n) is 9.73. The predicted octanol–water partition coefficient (Wildman–Crippen LogP) is 12.3. The molecule has 3 heterocycles. The zero-order valence-electron chi connectivity index (χ0n) is 32.8. The minimum Gasteiger partial charge on any atom is -0.501 e. The smallest absolute Gasteiger partial charge is 0.120 e. The van der Waals surface area contributed by atoms with Gasteiger partial charge in [0.15, 0.2) is 0 Å². The van der Waals surface area contributed by atoms with Crippen molar-refractivity contribution in [3.63, 3.8) is 0 Å². The molecular weight excluding hydrogens is 855 g/mol. The second kappa shape index (κ2) is 15.6. The zero-order chi connectivity index (χ0) is 37.5. The maximum absolute atomic E-state index is 6.34. The molecular formula is C48H49IrN3OSi-2. The molecule has 0 N–H and O–H groups in total. The molecule has 1 radical (unpaired) electrons. The fraction of sp³-hybridized carbons (Fsp3) is 0.250. The number of pyridine rings is 1. The van der Waals surface area contributed by atoms with Crippen LogP contribution in [0.25, 0.3) is 61.3 Å². The van der Waals surface area contributed by atoms with Crippen molar-refractivity contribution in [3.8, 4) is 28.3 Å². The Hall–Kier alpha value is -4.61. The number of imidazole rings is 1. The van der Waals surface area contributed by atoms with Crippen molar-refractivity contribution in [1.82, 2.24) is 14.5 Å². The van der Waals surface area contributed by atoms with Gasteiger partial charge in [-0.15, -0.1) is 53.6 Å². The Balaban J connectivity index is 0.000000198. The summed E-state index contributed by atoms with van der Waals surface area (Å²) in [7, 11) is -1.35. The van der Waals surface area contributed by atoms with Crippen LogP contribution < -0.4 is 5.19 Å². The van der Waals surface area contributed by atoms with Gasteiger partial charge in [0.1, 0.15) is 5.58 Å². The number of para-hydroxylation sites is 4. The van der Waals surface area contributed by atoms with Crippen molar-refractivity contribution >= 4 is 46.2 Å². The van der Waals surface area contributed by atoms with Crippen molar-refractivity contribution in [1.29, 1.82) is 0 Å². The normalized spacial score (nSPS) is 11.9. The second-order valence-corrected chi connectivity index (χ2v) is 21.6. The SMILES string of the molecule is CC(C)(C)c1ccccc1-n1c(-c2[c-]ccc3c2oc2ccccc23)nc2ccccc21.Cc1cc[c-]c(-c2cc(CC(C)C)c([Si](C)(C)C)cn2)c1.[Ir]. The number of furan rings is 1. The van der Waals surface area contributed by atoms with Crippen molar-refractivity contribution in [3.05, 3.63) is 144 Å². The molecule has 0 aliphatic carbocycles. The van der Waals surface area contributed by atoms with E-state index in [0.717, 1.165) is 67.7 Å². The third-order valence-corrected chi connectivity index (χ3v) is 11.8. The van der Waals surface area contributed by atoms with E-state index in [1.807, 2.05) is 36.4 Å². The number of benzene rings is 5. The number of nitrogens with zero attached hydrogens (tertiary/aromatic N) is 3. The molecule has 54 heavy (non-hydrogen) atoms. The van der Waals surface area contributed by atoms with Gasteiger partial charge >= 0.3 is 0 Å². The van der Waals surface area contributed by atoms with E-state index in [0.29, 0.717) is 5.92 Å². The van der Waals surface area contributed by atoms with Crippen molar-refractivity contribution in [2.45, 2.75) is 73.0 Å². The van der Waals surface area contributed by atoms with Crippen LogP contribution in [-0.4, -0.2) is 22.6 Å². The Morgan fingerprint density at radius 2 is 1.52 bits per heavy atom. The molecule has 0 bridgehead atoms. The van der Waals surface area contributed by atoms with E-state index in [-0.39, 0.29) is 25.5 Å². The number of aromatic nitrogens is 3. The molecule has 0 saturated carbocycles. The summed E-state index contributed by atoms with van der Waals surface area (Å²) in [5.74, 6) is 1.50. The van der Waals surface area contributed by atoms with Gasteiger partial charge in [0, 0.05) is 37.4 Å². The van der Waals surface area contributed by atoms with E-state index in [4.69, 9.17) is 14.4 Å². The first-order valence-electron chi connectivity index (χ1n) is 18.7. The predicted molar refractivity (Wildman–Crippen MR) is 226 cm³/mol. The minimum atomic E-state index is -1.35. The van der Waals surface area contributed by atoms with Crippen LogP contribution in [0.2, 0.25) is 19.6 Å². The number of aryl methyl sites for hydroxylation is 1. The average molecular weight is 904 g/mol. The van der Waals surface area contributed by atoms with Crippen LogP contribution in [0.1, 0.15) is 51.3 Å². The summed E-state index contributed by atoms with van der Waals surface area (Å²) in [5.41, 5.74) is 11.8. The summed E-state index contributed by atoms with van der Waals surface area (Å²) < 4.78 is 8.60. The van der Waals surface area contributed by atoms with Crippen molar-refractivity contribution in [2.24, 2.45) is 5.92 Å². The molecule has 0 spiro atoms. The Labute approximate surface area is 335 Å². The largest absolute Gasteiger partial charge is 0.501 e. The molecule has 0 fully saturated rings. The van der Waals surface area contributed by atoms with Gasteiger partial charge in [-0.2, -0.15) is 0 Å². The molecule has 0 aliphatic heterocycles.